The number of hydrogen-bond donors (Lipinski definition) is 1. The molecule has 0 spiro atoms. The van der Waals surface area contributed by atoms with Gasteiger partial charge in [-0.25, -0.2) is 0 Å². The summed E-state index contributed by atoms with van der Waals surface area (Å²) >= 11 is 0. The molecular formula is C20H44N4. The minimum Gasteiger partial charge on any atom is -0.309 e. The minimum atomic E-state index is 1.06. The smallest absolute Gasteiger partial charge is 0.0529 e. The molecule has 1 fully saturated rings. The van der Waals surface area contributed by atoms with Gasteiger partial charge in [0.05, 0.1) is 20.0 Å². The maximum absolute atomic E-state index is 3.55. The zero-order chi connectivity index (χ0) is 17.5. The SMILES string of the molecule is CCCCCCCCCCCCN1CNCN(CCCN(C)C)C1. The molecule has 24 heavy (non-hydrogen) atoms. The predicted molar refractivity (Wildman–Crippen MR) is 106 cm³/mol. The summed E-state index contributed by atoms with van der Waals surface area (Å²) in [4.78, 5) is 7.40. The Morgan fingerprint density at radius 1 is 0.708 bits per heavy atom. The molecule has 0 aliphatic carbocycles. The van der Waals surface area contributed by atoms with Crippen molar-refractivity contribution in [3.05, 3.63) is 0 Å². The molecular weight excluding hydrogens is 296 g/mol. The molecule has 0 saturated carbocycles. The summed E-state index contributed by atoms with van der Waals surface area (Å²) in [5, 5.41) is 3.55. The Labute approximate surface area is 151 Å². The third kappa shape index (κ3) is 12.2. The lowest BCUT2D eigenvalue weighted by atomic mass is 10.1. The summed E-state index contributed by atoms with van der Waals surface area (Å²) in [7, 11) is 4.32. The lowest BCUT2D eigenvalue weighted by Crippen LogP contribution is -2.53. The lowest BCUT2D eigenvalue weighted by molar-refractivity contribution is 0.0621. The Kier molecular flexibility index (Phi) is 13.8. The standard InChI is InChI=1S/C20H44N4/c1-4-5-6-7-8-9-10-11-12-13-16-23-18-21-19-24(20-23)17-14-15-22(2)3/h21H,4-20H2,1-3H3. The topological polar surface area (TPSA) is 21.8 Å². The van der Waals surface area contributed by atoms with E-state index in [4.69, 9.17) is 0 Å². The molecule has 0 aromatic carbocycles. The van der Waals surface area contributed by atoms with Crippen LogP contribution in [0.3, 0.4) is 0 Å². The lowest BCUT2D eigenvalue weighted by Gasteiger charge is -2.36. The highest BCUT2D eigenvalue weighted by atomic mass is 15.4. The highest BCUT2D eigenvalue weighted by Crippen LogP contribution is 2.11. The van der Waals surface area contributed by atoms with Crippen molar-refractivity contribution in [3.63, 3.8) is 0 Å². The summed E-state index contributed by atoms with van der Waals surface area (Å²) in [5.41, 5.74) is 0. The largest absolute Gasteiger partial charge is 0.309 e. The van der Waals surface area contributed by atoms with Crippen LogP contribution in [0.4, 0.5) is 0 Å². The zero-order valence-electron chi connectivity index (χ0n) is 16.9. The van der Waals surface area contributed by atoms with E-state index in [9.17, 15) is 0 Å². The van der Waals surface area contributed by atoms with Gasteiger partial charge < -0.3 is 4.90 Å². The summed E-state index contributed by atoms with van der Waals surface area (Å²) in [5.74, 6) is 0. The highest BCUT2D eigenvalue weighted by molar-refractivity contribution is 4.66. The van der Waals surface area contributed by atoms with Crippen molar-refractivity contribution < 1.29 is 0 Å². The summed E-state index contributed by atoms with van der Waals surface area (Å²) < 4.78 is 0. The van der Waals surface area contributed by atoms with Gasteiger partial charge in [-0.1, -0.05) is 64.7 Å². The molecule has 0 aromatic heterocycles. The molecule has 0 unspecified atom stereocenters. The molecule has 0 atom stereocenters. The van der Waals surface area contributed by atoms with E-state index in [0.717, 1.165) is 20.0 Å². The Balaban J connectivity index is 1.91. The summed E-state index contributed by atoms with van der Waals surface area (Å²) in [6.45, 7) is 9.23. The summed E-state index contributed by atoms with van der Waals surface area (Å²) in [6.07, 6.45) is 15.5. The fraction of sp³-hybridized carbons (Fsp3) is 1.00. The Morgan fingerprint density at radius 2 is 1.21 bits per heavy atom. The summed E-state index contributed by atoms with van der Waals surface area (Å²) in [6, 6.07) is 0. The van der Waals surface area contributed by atoms with Gasteiger partial charge >= 0.3 is 0 Å². The van der Waals surface area contributed by atoms with Gasteiger partial charge in [0.1, 0.15) is 0 Å². The molecule has 4 nitrogen and oxygen atoms in total. The van der Waals surface area contributed by atoms with Gasteiger partial charge in [-0.15, -0.1) is 0 Å². The minimum absolute atomic E-state index is 1.06. The van der Waals surface area contributed by atoms with Crippen molar-refractivity contribution in [3.8, 4) is 0 Å². The van der Waals surface area contributed by atoms with Crippen LogP contribution in [0.1, 0.15) is 77.6 Å². The molecule has 1 saturated heterocycles. The Morgan fingerprint density at radius 3 is 1.75 bits per heavy atom. The van der Waals surface area contributed by atoms with Crippen LogP contribution in [0, 0.1) is 0 Å². The maximum atomic E-state index is 3.55. The molecule has 0 aromatic rings. The van der Waals surface area contributed by atoms with Crippen LogP contribution in [0.5, 0.6) is 0 Å². The van der Waals surface area contributed by atoms with Crippen molar-refractivity contribution in [2.24, 2.45) is 0 Å². The van der Waals surface area contributed by atoms with Crippen molar-refractivity contribution in [1.82, 2.24) is 20.0 Å². The van der Waals surface area contributed by atoms with E-state index in [1.807, 2.05) is 0 Å². The van der Waals surface area contributed by atoms with Crippen molar-refractivity contribution in [2.75, 3.05) is 53.7 Å². The van der Waals surface area contributed by atoms with E-state index in [1.54, 1.807) is 0 Å². The number of nitrogens with one attached hydrogen (secondary N) is 1. The molecule has 4 heteroatoms. The van der Waals surface area contributed by atoms with Gasteiger partial charge in [0.15, 0.2) is 0 Å². The average Bonchev–Trinajstić information content (AvgIpc) is 2.57. The second-order valence-corrected chi connectivity index (χ2v) is 7.84. The van der Waals surface area contributed by atoms with Crippen LogP contribution in [-0.2, 0) is 0 Å². The van der Waals surface area contributed by atoms with E-state index in [-0.39, 0.29) is 0 Å². The van der Waals surface area contributed by atoms with Gasteiger partial charge in [-0.3, -0.25) is 15.1 Å². The van der Waals surface area contributed by atoms with Crippen molar-refractivity contribution >= 4 is 0 Å². The van der Waals surface area contributed by atoms with Crippen LogP contribution in [0.2, 0.25) is 0 Å². The van der Waals surface area contributed by atoms with Gasteiger partial charge in [0, 0.05) is 13.1 Å². The van der Waals surface area contributed by atoms with Crippen LogP contribution >= 0.6 is 0 Å². The Hall–Kier alpha value is -0.160. The first kappa shape index (κ1) is 21.9. The fourth-order valence-electron chi connectivity index (χ4n) is 3.48. The first-order valence-electron chi connectivity index (χ1n) is 10.5. The number of rotatable bonds is 15. The van der Waals surface area contributed by atoms with E-state index >= 15 is 0 Å². The predicted octanol–water partition coefficient (Wildman–Crippen LogP) is 3.94. The molecule has 0 radical (unpaired) electrons. The van der Waals surface area contributed by atoms with E-state index in [0.29, 0.717) is 0 Å². The first-order valence-corrected chi connectivity index (χ1v) is 10.5. The molecule has 0 amide bonds. The normalized spacial score (nSPS) is 17.0. The molecule has 1 heterocycles. The number of nitrogens with zero attached hydrogens (tertiary/aromatic N) is 3. The van der Waals surface area contributed by atoms with Gasteiger partial charge in [-0.2, -0.15) is 0 Å². The monoisotopic (exact) mass is 340 g/mol. The van der Waals surface area contributed by atoms with E-state index in [2.05, 4.69) is 41.0 Å². The van der Waals surface area contributed by atoms with Gasteiger partial charge in [0.25, 0.3) is 0 Å². The number of unbranched alkanes of at least 4 members (excludes halogenated alkanes) is 9. The third-order valence-electron chi connectivity index (χ3n) is 4.98. The van der Waals surface area contributed by atoms with Crippen LogP contribution in [0.25, 0.3) is 0 Å². The maximum Gasteiger partial charge on any atom is 0.0529 e. The first-order chi connectivity index (χ1) is 11.7. The van der Waals surface area contributed by atoms with Crippen LogP contribution < -0.4 is 5.32 Å². The molecule has 1 N–H and O–H groups in total. The Bertz CT molecular complexity index is 270. The number of hydrogen-bond acceptors (Lipinski definition) is 4. The molecule has 144 valence electrons. The highest BCUT2D eigenvalue weighted by Gasteiger charge is 2.15. The molecule has 1 rings (SSSR count). The zero-order valence-corrected chi connectivity index (χ0v) is 16.9. The molecule has 1 aliphatic heterocycles. The molecule has 1 aliphatic rings. The average molecular weight is 341 g/mol. The quantitative estimate of drug-likeness (QED) is 0.456. The third-order valence-corrected chi connectivity index (χ3v) is 4.98. The molecule has 0 bridgehead atoms. The van der Waals surface area contributed by atoms with Crippen molar-refractivity contribution in [1.29, 1.82) is 0 Å². The van der Waals surface area contributed by atoms with Crippen LogP contribution in [-0.4, -0.2) is 68.4 Å². The van der Waals surface area contributed by atoms with Gasteiger partial charge in [-0.05, 0) is 33.5 Å². The van der Waals surface area contributed by atoms with Crippen molar-refractivity contribution in [2.45, 2.75) is 77.6 Å². The van der Waals surface area contributed by atoms with Gasteiger partial charge in [0.2, 0.25) is 0 Å². The van der Waals surface area contributed by atoms with Crippen LogP contribution in [0.15, 0.2) is 0 Å². The fourth-order valence-corrected chi connectivity index (χ4v) is 3.48. The second-order valence-electron chi connectivity index (χ2n) is 7.84. The van der Waals surface area contributed by atoms with E-state index in [1.165, 1.54) is 90.3 Å². The van der Waals surface area contributed by atoms with E-state index < -0.39 is 0 Å². The second kappa shape index (κ2) is 15.1.